The summed E-state index contributed by atoms with van der Waals surface area (Å²) in [5.41, 5.74) is 0.997. The number of fused-ring (bicyclic) bond motifs is 1. The molecule has 0 radical (unpaired) electrons. The van der Waals surface area contributed by atoms with Gasteiger partial charge in [-0.2, -0.15) is 4.98 Å². The van der Waals surface area contributed by atoms with Crippen LogP contribution in [0.5, 0.6) is 0 Å². The molecule has 4 rings (SSSR count). The summed E-state index contributed by atoms with van der Waals surface area (Å²) in [6, 6.07) is 5.95. The maximum atomic E-state index is 13.1. The number of benzene rings is 1. The van der Waals surface area contributed by atoms with E-state index < -0.39 is 10.6 Å². The van der Waals surface area contributed by atoms with Crippen molar-refractivity contribution in [3.8, 4) is 11.3 Å². The lowest BCUT2D eigenvalue weighted by molar-refractivity contribution is -0.384. The maximum Gasteiger partial charge on any atom is 0.348 e. The molecule has 0 aliphatic rings. The van der Waals surface area contributed by atoms with Gasteiger partial charge >= 0.3 is 5.69 Å². The SMILES string of the molecule is O=[N+]([O-])c1c(Cl)ncnc1Nc1nc2scc(-c3ccc(F)cc3)n2n1. The highest BCUT2D eigenvalue weighted by Crippen LogP contribution is 2.31. The van der Waals surface area contributed by atoms with Gasteiger partial charge in [0.2, 0.25) is 21.9 Å². The van der Waals surface area contributed by atoms with E-state index in [1.54, 1.807) is 16.6 Å². The highest BCUT2D eigenvalue weighted by atomic mass is 35.5. The first kappa shape index (κ1) is 16.3. The molecule has 0 fully saturated rings. The molecule has 12 heteroatoms. The van der Waals surface area contributed by atoms with E-state index >= 15 is 0 Å². The molecule has 0 spiro atoms. The second kappa shape index (κ2) is 6.28. The Balaban J connectivity index is 1.73. The van der Waals surface area contributed by atoms with Crippen molar-refractivity contribution in [1.82, 2.24) is 24.6 Å². The zero-order valence-corrected chi connectivity index (χ0v) is 14.2. The molecule has 0 bridgehead atoms. The first-order valence-corrected chi connectivity index (χ1v) is 8.31. The molecule has 1 aromatic carbocycles. The summed E-state index contributed by atoms with van der Waals surface area (Å²) < 4.78 is 14.7. The Morgan fingerprint density at radius 1 is 1.27 bits per heavy atom. The first-order chi connectivity index (χ1) is 12.5. The van der Waals surface area contributed by atoms with E-state index in [0.717, 1.165) is 11.9 Å². The van der Waals surface area contributed by atoms with Crippen LogP contribution in [0.4, 0.5) is 21.8 Å². The van der Waals surface area contributed by atoms with Gasteiger partial charge in [-0.05, 0) is 24.3 Å². The number of aromatic nitrogens is 5. The van der Waals surface area contributed by atoms with E-state index in [9.17, 15) is 14.5 Å². The van der Waals surface area contributed by atoms with Gasteiger partial charge in [-0.3, -0.25) is 10.1 Å². The third kappa shape index (κ3) is 2.82. The van der Waals surface area contributed by atoms with Crippen LogP contribution in [0, 0.1) is 15.9 Å². The maximum absolute atomic E-state index is 13.1. The molecular weight excluding hydrogens is 385 g/mol. The first-order valence-electron chi connectivity index (χ1n) is 7.05. The fraction of sp³-hybridized carbons (Fsp3) is 0. The van der Waals surface area contributed by atoms with E-state index in [2.05, 4.69) is 25.4 Å². The molecule has 1 N–H and O–H groups in total. The molecule has 0 saturated heterocycles. The van der Waals surface area contributed by atoms with Crippen LogP contribution < -0.4 is 5.32 Å². The number of nitro groups is 1. The molecule has 130 valence electrons. The van der Waals surface area contributed by atoms with Crippen LogP contribution in [0.15, 0.2) is 36.0 Å². The number of thiazole rings is 1. The molecule has 9 nitrogen and oxygen atoms in total. The normalized spacial score (nSPS) is 11.0. The minimum absolute atomic E-state index is 0.109. The Hall–Kier alpha value is -3.18. The van der Waals surface area contributed by atoms with Gasteiger partial charge in [0.15, 0.2) is 0 Å². The van der Waals surface area contributed by atoms with Crippen LogP contribution in [0.1, 0.15) is 0 Å². The van der Waals surface area contributed by atoms with Gasteiger partial charge < -0.3 is 5.32 Å². The Morgan fingerprint density at radius 3 is 2.77 bits per heavy atom. The largest absolute Gasteiger partial charge is 0.348 e. The molecule has 0 atom stereocenters. The Kier molecular flexibility index (Phi) is 3.93. The van der Waals surface area contributed by atoms with E-state index in [-0.39, 0.29) is 22.7 Å². The van der Waals surface area contributed by atoms with Crippen molar-refractivity contribution in [3.05, 3.63) is 57.1 Å². The number of anilines is 2. The van der Waals surface area contributed by atoms with Crippen LogP contribution >= 0.6 is 22.9 Å². The molecule has 0 aliphatic carbocycles. The van der Waals surface area contributed by atoms with Crippen LogP contribution in [-0.4, -0.2) is 29.5 Å². The van der Waals surface area contributed by atoms with E-state index in [1.807, 2.05) is 5.38 Å². The van der Waals surface area contributed by atoms with E-state index in [0.29, 0.717) is 10.7 Å². The van der Waals surface area contributed by atoms with E-state index in [1.165, 1.54) is 23.5 Å². The van der Waals surface area contributed by atoms with Crippen molar-refractivity contribution in [2.45, 2.75) is 0 Å². The molecule has 26 heavy (non-hydrogen) atoms. The van der Waals surface area contributed by atoms with Crippen LogP contribution in [0.3, 0.4) is 0 Å². The number of nitrogens with one attached hydrogen (secondary N) is 1. The summed E-state index contributed by atoms with van der Waals surface area (Å²) >= 11 is 7.08. The zero-order valence-electron chi connectivity index (χ0n) is 12.6. The number of hydrogen-bond donors (Lipinski definition) is 1. The lowest BCUT2D eigenvalue weighted by Gasteiger charge is -2.02. The predicted molar refractivity (Wildman–Crippen MR) is 93.2 cm³/mol. The smallest absolute Gasteiger partial charge is 0.301 e. The standard InChI is InChI=1S/C14H7ClFN7O2S/c15-11-10(23(24)25)12(18-6-17-11)19-13-20-14-22(21-13)9(5-26-14)7-1-3-8(16)4-2-7/h1-6H,(H,17,18,19,21). The lowest BCUT2D eigenvalue weighted by Crippen LogP contribution is -2.03. The van der Waals surface area contributed by atoms with Crippen molar-refractivity contribution in [2.75, 3.05) is 5.32 Å². The highest BCUT2D eigenvalue weighted by molar-refractivity contribution is 7.15. The molecular formula is C14H7ClFN7O2S. The van der Waals surface area contributed by atoms with Crippen molar-refractivity contribution in [3.63, 3.8) is 0 Å². The van der Waals surface area contributed by atoms with Crippen molar-refractivity contribution >= 4 is 45.4 Å². The third-order valence-electron chi connectivity index (χ3n) is 3.41. The number of nitrogens with zero attached hydrogens (tertiary/aromatic N) is 6. The van der Waals surface area contributed by atoms with Crippen LogP contribution in [0.2, 0.25) is 5.15 Å². The Bertz CT molecular complexity index is 1130. The fourth-order valence-electron chi connectivity index (χ4n) is 2.27. The van der Waals surface area contributed by atoms with Crippen LogP contribution in [0.25, 0.3) is 16.2 Å². The van der Waals surface area contributed by atoms with Gasteiger partial charge in [0.05, 0.1) is 10.6 Å². The summed E-state index contributed by atoms with van der Waals surface area (Å²) in [4.78, 5) is 22.7. The molecule has 0 saturated carbocycles. The molecule has 0 aliphatic heterocycles. The van der Waals surface area contributed by atoms with Crippen LogP contribution in [-0.2, 0) is 0 Å². The van der Waals surface area contributed by atoms with Crippen molar-refractivity contribution < 1.29 is 9.31 Å². The fourth-order valence-corrected chi connectivity index (χ4v) is 3.30. The van der Waals surface area contributed by atoms with Gasteiger partial charge in [0.1, 0.15) is 12.1 Å². The Morgan fingerprint density at radius 2 is 2.04 bits per heavy atom. The number of rotatable bonds is 4. The minimum Gasteiger partial charge on any atom is -0.301 e. The second-order valence-electron chi connectivity index (χ2n) is 5.00. The van der Waals surface area contributed by atoms with Crippen molar-refractivity contribution in [1.29, 1.82) is 0 Å². The van der Waals surface area contributed by atoms with Crippen molar-refractivity contribution in [2.24, 2.45) is 0 Å². The predicted octanol–water partition coefficient (Wildman–Crippen LogP) is 3.69. The Labute approximate surface area is 153 Å². The zero-order chi connectivity index (χ0) is 18.3. The molecule has 3 heterocycles. The highest BCUT2D eigenvalue weighted by Gasteiger charge is 2.23. The van der Waals surface area contributed by atoms with Gasteiger partial charge in [0.25, 0.3) is 0 Å². The third-order valence-corrected chi connectivity index (χ3v) is 4.50. The summed E-state index contributed by atoms with van der Waals surface area (Å²) in [5, 5.41) is 19.7. The summed E-state index contributed by atoms with van der Waals surface area (Å²) in [7, 11) is 0. The lowest BCUT2D eigenvalue weighted by atomic mass is 10.2. The monoisotopic (exact) mass is 391 g/mol. The molecule has 3 aromatic heterocycles. The average molecular weight is 392 g/mol. The summed E-state index contributed by atoms with van der Waals surface area (Å²) in [6.07, 6.45) is 1.10. The second-order valence-corrected chi connectivity index (χ2v) is 6.20. The average Bonchev–Trinajstić information content (AvgIpc) is 3.15. The van der Waals surface area contributed by atoms with Gasteiger partial charge in [-0.25, -0.2) is 18.9 Å². The summed E-state index contributed by atoms with van der Waals surface area (Å²) in [5.74, 6) is -0.344. The summed E-state index contributed by atoms with van der Waals surface area (Å²) in [6.45, 7) is 0. The number of halogens is 2. The van der Waals surface area contributed by atoms with Gasteiger partial charge in [-0.1, -0.05) is 11.6 Å². The number of hydrogen-bond acceptors (Lipinski definition) is 8. The minimum atomic E-state index is -0.687. The molecule has 0 unspecified atom stereocenters. The topological polar surface area (TPSA) is 111 Å². The van der Waals surface area contributed by atoms with Gasteiger partial charge in [0, 0.05) is 10.9 Å². The van der Waals surface area contributed by atoms with Gasteiger partial charge in [-0.15, -0.1) is 16.4 Å². The molecule has 0 amide bonds. The van der Waals surface area contributed by atoms with E-state index in [4.69, 9.17) is 11.6 Å². The quantitative estimate of drug-likeness (QED) is 0.320. The molecule has 4 aromatic rings.